The number of hydrogen-bond donors (Lipinski definition) is 2. The first-order chi connectivity index (χ1) is 13.7. The minimum atomic E-state index is 0.361. The number of fused-ring (bicyclic) bond motifs is 1. The van der Waals surface area contributed by atoms with E-state index in [1.807, 2.05) is 6.20 Å². The molecule has 1 aliphatic heterocycles. The van der Waals surface area contributed by atoms with Gasteiger partial charge >= 0.3 is 6.01 Å². The molecular formula is C22H29N5O. The van der Waals surface area contributed by atoms with Crippen molar-refractivity contribution in [2.45, 2.75) is 45.6 Å². The number of aromatic nitrogens is 3. The van der Waals surface area contributed by atoms with Crippen LogP contribution in [0.25, 0.3) is 11.0 Å². The summed E-state index contributed by atoms with van der Waals surface area (Å²) >= 11 is 0. The smallest absolute Gasteiger partial charge is 0.319 e. The zero-order chi connectivity index (χ0) is 19.3. The van der Waals surface area contributed by atoms with Crippen LogP contribution in [0.5, 0.6) is 6.01 Å². The molecule has 0 bridgehead atoms. The molecule has 3 aromatic rings. The highest BCUT2D eigenvalue weighted by Crippen LogP contribution is 2.25. The second-order valence-corrected chi connectivity index (χ2v) is 7.61. The van der Waals surface area contributed by atoms with Crippen molar-refractivity contribution >= 4 is 16.9 Å². The van der Waals surface area contributed by atoms with Crippen molar-refractivity contribution in [3.63, 3.8) is 0 Å². The van der Waals surface area contributed by atoms with Gasteiger partial charge in [-0.15, -0.1) is 0 Å². The predicted octanol–water partition coefficient (Wildman–Crippen LogP) is 3.91. The number of nitrogens with zero attached hydrogens (tertiary/aromatic N) is 3. The Hall–Kier alpha value is -2.60. The van der Waals surface area contributed by atoms with E-state index < -0.39 is 0 Å². The molecule has 2 aromatic heterocycles. The highest BCUT2D eigenvalue weighted by Gasteiger charge is 2.14. The number of likely N-dealkylation sites (tertiary alicyclic amines) is 1. The van der Waals surface area contributed by atoms with Gasteiger partial charge in [-0.05, 0) is 43.5 Å². The standard InChI is InChI=1S/C22H29N5O/c1-2-3-12-28-22-25-19-18(14-24-20(19)21(23)26-22)13-16-6-8-17(9-7-16)15-27-10-4-5-11-27/h6-9,14,24H,2-5,10-13,15H2,1H3,(H2,23,25,26). The van der Waals surface area contributed by atoms with E-state index in [2.05, 4.69) is 51.0 Å². The van der Waals surface area contributed by atoms with Gasteiger partial charge in [0.1, 0.15) is 11.0 Å². The van der Waals surface area contributed by atoms with Gasteiger partial charge in [0.2, 0.25) is 0 Å². The molecule has 3 heterocycles. The van der Waals surface area contributed by atoms with E-state index in [4.69, 9.17) is 10.5 Å². The largest absolute Gasteiger partial charge is 0.463 e. The van der Waals surface area contributed by atoms with Crippen molar-refractivity contribution in [3.8, 4) is 6.01 Å². The van der Waals surface area contributed by atoms with Gasteiger partial charge in [-0.25, -0.2) is 0 Å². The average Bonchev–Trinajstić information content (AvgIpc) is 3.34. The average molecular weight is 380 g/mol. The van der Waals surface area contributed by atoms with Gasteiger partial charge in [-0.1, -0.05) is 37.6 Å². The Morgan fingerprint density at radius 2 is 1.86 bits per heavy atom. The third-order valence-corrected chi connectivity index (χ3v) is 5.36. The quantitative estimate of drug-likeness (QED) is 0.580. The molecule has 0 spiro atoms. The zero-order valence-corrected chi connectivity index (χ0v) is 16.6. The molecule has 0 saturated carbocycles. The van der Waals surface area contributed by atoms with Crippen LogP contribution in [0.1, 0.15) is 49.3 Å². The molecule has 0 unspecified atom stereocenters. The van der Waals surface area contributed by atoms with Gasteiger partial charge in [-0.3, -0.25) is 4.90 Å². The fourth-order valence-electron chi connectivity index (χ4n) is 3.75. The lowest BCUT2D eigenvalue weighted by molar-refractivity contribution is 0.287. The van der Waals surface area contributed by atoms with Crippen LogP contribution in [0, 0.1) is 0 Å². The van der Waals surface area contributed by atoms with Crippen LogP contribution in [0.4, 0.5) is 5.82 Å². The second-order valence-electron chi connectivity index (χ2n) is 7.61. The molecule has 28 heavy (non-hydrogen) atoms. The van der Waals surface area contributed by atoms with Crippen LogP contribution < -0.4 is 10.5 Å². The minimum Gasteiger partial charge on any atom is -0.463 e. The van der Waals surface area contributed by atoms with Crippen LogP contribution in [-0.4, -0.2) is 39.5 Å². The molecule has 1 fully saturated rings. The third-order valence-electron chi connectivity index (χ3n) is 5.36. The lowest BCUT2D eigenvalue weighted by Gasteiger charge is -2.14. The lowest BCUT2D eigenvalue weighted by atomic mass is 10.0. The van der Waals surface area contributed by atoms with Gasteiger partial charge in [-0.2, -0.15) is 9.97 Å². The summed E-state index contributed by atoms with van der Waals surface area (Å²) in [6, 6.07) is 9.28. The highest BCUT2D eigenvalue weighted by atomic mass is 16.5. The van der Waals surface area contributed by atoms with E-state index in [9.17, 15) is 0 Å². The van der Waals surface area contributed by atoms with Crippen LogP contribution in [0.3, 0.4) is 0 Å². The number of H-pyrrole nitrogens is 1. The predicted molar refractivity (Wildman–Crippen MR) is 112 cm³/mol. The summed E-state index contributed by atoms with van der Waals surface area (Å²) in [7, 11) is 0. The Labute approximate surface area is 166 Å². The van der Waals surface area contributed by atoms with E-state index in [0.29, 0.717) is 18.4 Å². The number of rotatable bonds is 8. The lowest BCUT2D eigenvalue weighted by Crippen LogP contribution is -2.18. The number of nitrogen functional groups attached to an aromatic ring is 1. The maximum absolute atomic E-state index is 6.10. The molecule has 6 nitrogen and oxygen atoms in total. The van der Waals surface area contributed by atoms with Crippen molar-refractivity contribution in [2.75, 3.05) is 25.4 Å². The van der Waals surface area contributed by atoms with Crippen LogP contribution >= 0.6 is 0 Å². The number of hydrogen-bond acceptors (Lipinski definition) is 5. The summed E-state index contributed by atoms with van der Waals surface area (Å²) in [5.74, 6) is 0.434. The number of anilines is 1. The Morgan fingerprint density at radius 3 is 2.61 bits per heavy atom. The number of aromatic amines is 1. The summed E-state index contributed by atoms with van der Waals surface area (Å²) in [6.45, 7) is 6.24. The SMILES string of the molecule is CCCCOc1nc(N)c2[nH]cc(Cc3ccc(CN4CCCC4)cc3)c2n1. The molecule has 0 aliphatic carbocycles. The Bertz CT molecular complexity index is 913. The van der Waals surface area contributed by atoms with Gasteiger partial charge in [0.15, 0.2) is 5.82 Å². The maximum atomic E-state index is 6.10. The number of nitrogens with one attached hydrogen (secondary N) is 1. The number of unbranched alkanes of at least 4 members (excludes halogenated alkanes) is 1. The van der Waals surface area contributed by atoms with Crippen molar-refractivity contribution in [2.24, 2.45) is 0 Å². The number of ether oxygens (including phenoxy) is 1. The first kappa shape index (κ1) is 18.7. The van der Waals surface area contributed by atoms with Crippen molar-refractivity contribution in [1.82, 2.24) is 19.9 Å². The maximum Gasteiger partial charge on any atom is 0.319 e. The van der Waals surface area contributed by atoms with Gasteiger partial charge in [0.25, 0.3) is 0 Å². The number of nitrogens with two attached hydrogens (primary N) is 1. The fourth-order valence-corrected chi connectivity index (χ4v) is 3.75. The van der Waals surface area contributed by atoms with E-state index in [1.54, 1.807) is 0 Å². The summed E-state index contributed by atoms with van der Waals surface area (Å²) in [6.07, 6.45) is 7.48. The second kappa shape index (κ2) is 8.61. The first-order valence-corrected chi connectivity index (χ1v) is 10.3. The summed E-state index contributed by atoms with van der Waals surface area (Å²) < 4.78 is 5.67. The molecule has 3 N–H and O–H groups in total. The first-order valence-electron chi connectivity index (χ1n) is 10.3. The normalized spacial score (nSPS) is 14.8. The highest BCUT2D eigenvalue weighted by molar-refractivity contribution is 5.87. The van der Waals surface area contributed by atoms with Crippen molar-refractivity contribution in [1.29, 1.82) is 0 Å². The minimum absolute atomic E-state index is 0.361. The summed E-state index contributed by atoms with van der Waals surface area (Å²) in [5, 5.41) is 0. The molecule has 1 aliphatic rings. The molecule has 148 valence electrons. The zero-order valence-electron chi connectivity index (χ0n) is 16.6. The molecule has 1 aromatic carbocycles. The Balaban J connectivity index is 1.49. The molecule has 0 atom stereocenters. The van der Waals surface area contributed by atoms with Crippen LogP contribution in [0.2, 0.25) is 0 Å². The van der Waals surface area contributed by atoms with E-state index in [-0.39, 0.29) is 0 Å². The van der Waals surface area contributed by atoms with E-state index in [1.165, 1.54) is 37.1 Å². The molecular weight excluding hydrogens is 350 g/mol. The van der Waals surface area contributed by atoms with E-state index in [0.717, 1.165) is 42.4 Å². The molecule has 4 rings (SSSR count). The van der Waals surface area contributed by atoms with Gasteiger partial charge in [0.05, 0.1) is 6.61 Å². The Morgan fingerprint density at radius 1 is 1.11 bits per heavy atom. The van der Waals surface area contributed by atoms with Gasteiger partial charge < -0.3 is 15.5 Å². The van der Waals surface area contributed by atoms with Crippen LogP contribution in [-0.2, 0) is 13.0 Å². The van der Waals surface area contributed by atoms with Crippen molar-refractivity contribution in [3.05, 3.63) is 47.2 Å². The monoisotopic (exact) mass is 379 g/mol. The fraction of sp³-hybridized carbons (Fsp3) is 0.455. The molecule has 1 saturated heterocycles. The molecule has 0 radical (unpaired) electrons. The number of benzene rings is 1. The Kier molecular flexibility index (Phi) is 5.76. The molecule has 0 amide bonds. The topological polar surface area (TPSA) is 80.1 Å². The third kappa shape index (κ3) is 4.28. The van der Waals surface area contributed by atoms with E-state index >= 15 is 0 Å². The van der Waals surface area contributed by atoms with Crippen LogP contribution in [0.15, 0.2) is 30.5 Å². The summed E-state index contributed by atoms with van der Waals surface area (Å²) in [5.41, 5.74) is 11.5. The molecule has 6 heteroatoms. The van der Waals surface area contributed by atoms with Crippen molar-refractivity contribution < 1.29 is 4.74 Å². The van der Waals surface area contributed by atoms with Gasteiger partial charge in [0, 0.05) is 24.7 Å². The summed E-state index contributed by atoms with van der Waals surface area (Å²) in [4.78, 5) is 14.6.